The van der Waals surface area contributed by atoms with E-state index in [0.717, 1.165) is 31.3 Å². The van der Waals surface area contributed by atoms with Crippen LogP contribution in [0.4, 0.5) is 0 Å². The van der Waals surface area contributed by atoms with Gasteiger partial charge in [-0.3, -0.25) is 0 Å². The monoisotopic (exact) mass is 276 g/mol. The van der Waals surface area contributed by atoms with E-state index in [4.69, 9.17) is 14.2 Å². The molecular weight excluding hydrogens is 252 g/mol. The molecule has 1 saturated carbocycles. The lowest BCUT2D eigenvalue weighted by molar-refractivity contribution is -0.120. The van der Waals surface area contributed by atoms with Crippen molar-refractivity contribution in [2.75, 3.05) is 26.4 Å². The summed E-state index contributed by atoms with van der Waals surface area (Å²) in [6.07, 6.45) is 3.90. The first-order valence-corrected chi connectivity index (χ1v) is 7.51. The molecule has 0 bridgehead atoms. The van der Waals surface area contributed by atoms with Crippen molar-refractivity contribution >= 4 is 0 Å². The normalized spacial score (nSPS) is 22.5. The largest absolute Gasteiger partial charge is 0.493 e. The van der Waals surface area contributed by atoms with Gasteiger partial charge in [0.1, 0.15) is 11.5 Å². The van der Waals surface area contributed by atoms with Crippen LogP contribution in [0, 0.1) is 10.8 Å². The molecule has 1 aromatic rings. The molecule has 0 atom stereocenters. The third-order valence-corrected chi connectivity index (χ3v) is 4.44. The van der Waals surface area contributed by atoms with Crippen LogP contribution in [-0.4, -0.2) is 26.4 Å². The number of benzene rings is 1. The highest BCUT2D eigenvalue weighted by Crippen LogP contribution is 2.40. The van der Waals surface area contributed by atoms with E-state index < -0.39 is 0 Å². The average Bonchev–Trinajstić information content (AvgIpc) is 2.39. The number of hydrogen-bond donors (Lipinski definition) is 0. The van der Waals surface area contributed by atoms with Gasteiger partial charge in [0, 0.05) is 16.9 Å². The van der Waals surface area contributed by atoms with E-state index in [1.165, 1.54) is 19.3 Å². The molecule has 110 valence electrons. The highest BCUT2D eigenvalue weighted by molar-refractivity contribution is 5.33. The Kier molecular flexibility index (Phi) is 3.63. The molecule has 20 heavy (non-hydrogen) atoms. The highest BCUT2D eigenvalue weighted by atomic mass is 16.5. The van der Waals surface area contributed by atoms with Gasteiger partial charge >= 0.3 is 0 Å². The van der Waals surface area contributed by atoms with Gasteiger partial charge in [-0.2, -0.15) is 0 Å². The van der Waals surface area contributed by atoms with E-state index in [1.807, 2.05) is 24.3 Å². The van der Waals surface area contributed by atoms with Gasteiger partial charge < -0.3 is 14.2 Å². The standard InChI is InChI=1S/C17H24O3/c1-16(7-4-8-16)12-19-14-5-3-6-15(9-14)20-13-17(2)10-18-11-17/h3,5-6,9H,4,7-8,10-13H2,1-2H3. The molecule has 0 aromatic heterocycles. The Morgan fingerprint density at radius 2 is 1.60 bits per heavy atom. The zero-order valence-electron chi connectivity index (χ0n) is 12.5. The minimum absolute atomic E-state index is 0.177. The third-order valence-electron chi connectivity index (χ3n) is 4.44. The van der Waals surface area contributed by atoms with Gasteiger partial charge in [-0.05, 0) is 25.0 Å². The first-order chi connectivity index (χ1) is 9.57. The lowest BCUT2D eigenvalue weighted by Gasteiger charge is -2.38. The molecule has 0 radical (unpaired) electrons. The SMILES string of the molecule is CC1(COc2cccc(OCC3(C)COC3)c2)CCC1. The molecule has 1 aromatic carbocycles. The van der Waals surface area contributed by atoms with Crippen molar-refractivity contribution in [1.29, 1.82) is 0 Å². The van der Waals surface area contributed by atoms with Crippen LogP contribution in [0.3, 0.4) is 0 Å². The van der Waals surface area contributed by atoms with Crippen LogP contribution in [0.5, 0.6) is 11.5 Å². The summed E-state index contributed by atoms with van der Waals surface area (Å²) in [4.78, 5) is 0. The fourth-order valence-electron chi connectivity index (χ4n) is 2.63. The molecule has 2 aliphatic rings. The van der Waals surface area contributed by atoms with Crippen LogP contribution in [-0.2, 0) is 4.74 Å². The second kappa shape index (κ2) is 5.28. The fraction of sp³-hybridized carbons (Fsp3) is 0.647. The summed E-state index contributed by atoms with van der Waals surface area (Å²) >= 11 is 0. The van der Waals surface area contributed by atoms with E-state index in [0.29, 0.717) is 12.0 Å². The van der Waals surface area contributed by atoms with Crippen molar-refractivity contribution in [3.05, 3.63) is 24.3 Å². The molecule has 0 spiro atoms. The molecule has 3 nitrogen and oxygen atoms in total. The van der Waals surface area contributed by atoms with Crippen LogP contribution < -0.4 is 9.47 Å². The number of ether oxygens (including phenoxy) is 3. The molecule has 3 heteroatoms. The molecule has 1 saturated heterocycles. The average molecular weight is 276 g/mol. The molecular formula is C17H24O3. The quantitative estimate of drug-likeness (QED) is 0.793. The molecule has 2 fully saturated rings. The van der Waals surface area contributed by atoms with E-state index >= 15 is 0 Å². The highest BCUT2D eigenvalue weighted by Gasteiger charge is 2.34. The van der Waals surface area contributed by atoms with Gasteiger partial charge in [-0.25, -0.2) is 0 Å². The Morgan fingerprint density at radius 3 is 2.05 bits per heavy atom. The predicted octanol–water partition coefficient (Wildman–Crippen LogP) is 3.67. The van der Waals surface area contributed by atoms with Gasteiger partial charge in [-0.15, -0.1) is 0 Å². The van der Waals surface area contributed by atoms with Crippen molar-refractivity contribution in [3.8, 4) is 11.5 Å². The van der Waals surface area contributed by atoms with Crippen molar-refractivity contribution in [1.82, 2.24) is 0 Å². The maximum Gasteiger partial charge on any atom is 0.123 e. The maximum absolute atomic E-state index is 5.92. The summed E-state index contributed by atoms with van der Waals surface area (Å²) in [5.74, 6) is 1.79. The Labute approximate surface area is 121 Å². The van der Waals surface area contributed by atoms with Crippen LogP contribution >= 0.6 is 0 Å². The van der Waals surface area contributed by atoms with E-state index in [1.54, 1.807) is 0 Å². The summed E-state index contributed by atoms with van der Waals surface area (Å²) < 4.78 is 17.0. The van der Waals surface area contributed by atoms with Crippen LogP contribution in [0.15, 0.2) is 24.3 Å². The zero-order chi connectivity index (χ0) is 14.1. The summed E-state index contributed by atoms with van der Waals surface area (Å²) in [6, 6.07) is 7.97. The smallest absolute Gasteiger partial charge is 0.123 e. The molecule has 0 unspecified atom stereocenters. The van der Waals surface area contributed by atoms with E-state index in [-0.39, 0.29) is 5.41 Å². The van der Waals surface area contributed by atoms with Crippen molar-refractivity contribution in [2.45, 2.75) is 33.1 Å². The van der Waals surface area contributed by atoms with Crippen molar-refractivity contribution in [2.24, 2.45) is 10.8 Å². The molecule has 0 N–H and O–H groups in total. The van der Waals surface area contributed by atoms with Crippen molar-refractivity contribution in [3.63, 3.8) is 0 Å². The third kappa shape index (κ3) is 3.09. The molecule has 0 amide bonds. The van der Waals surface area contributed by atoms with E-state index in [2.05, 4.69) is 13.8 Å². The van der Waals surface area contributed by atoms with E-state index in [9.17, 15) is 0 Å². The molecule has 1 aliphatic heterocycles. The lowest BCUT2D eigenvalue weighted by Crippen LogP contribution is -2.44. The minimum atomic E-state index is 0.177. The molecule has 1 heterocycles. The second-order valence-corrected chi connectivity index (χ2v) is 7.02. The molecule has 3 rings (SSSR count). The Morgan fingerprint density at radius 1 is 1.00 bits per heavy atom. The Balaban J connectivity index is 1.52. The molecule has 1 aliphatic carbocycles. The summed E-state index contributed by atoms with van der Waals surface area (Å²) in [5, 5.41) is 0. The number of hydrogen-bond acceptors (Lipinski definition) is 3. The predicted molar refractivity (Wildman–Crippen MR) is 78.3 cm³/mol. The van der Waals surface area contributed by atoms with Crippen LogP contribution in [0.25, 0.3) is 0 Å². The maximum atomic E-state index is 5.92. The summed E-state index contributed by atoms with van der Waals surface area (Å²) in [7, 11) is 0. The first kappa shape index (κ1) is 13.7. The van der Waals surface area contributed by atoms with Crippen LogP contribution in [0.2, 0.25) is 0 Å². The Bertz CT molecular complexity index is 422. The summed E-state index contributed by atoms with van der Waals surface area (Å²) in [5.41, 5.74) is 0.559. The first-order valence-electron chi connectivity index (χ1n) is 7.51. The van der Waals surface area contributed by atoms with Gasteiger partial charge in [0.15, 0.2) is 0 Å². The van der Waals surface area contributed by atoms with Crippen molar-refractivity contribution < 1.29 is 14.2 Å². The van der Waals surface area contributed by atoms with Gasteiger partial charge in [0.05, 0.1) is 26.4 Å². The van der Waals surface area contributed by atoms with Gasteiger partial charge in [0.25, 0.3) is 0 Å². The topological polar surface area (TPSA) is 27.7 Å². The van der Waals surface area contributed by atoms with Gasteiger partial charge in [-0.1, -0.05) is 26.3 Å². The summed E-state index contributed by atoms with van der Waals surface area (Å²) in [6.45, 7) is 7.59. The zero-order valence-corrected chi connectivity index (χ0v) is 12.5. The minimum Gasteiger partial charge on any atom is -0.493 e. The van der Waals surface area contributed by atoms with Crippen LogP contribution in [0.1, 0.15) is 33.1 Å². The van der Waals surface area contributed by atoms with Gasteiger partial charge in [0.2, 0.25) is 0 Å². The second-order valence-electron chi connectivity index (χ2n) is 7.02. The fourth-order valence-corrected chi connectivity index (χ4v) is 2.63. The number of rotatable bonds is 6. The lowest BCUT2D eigenvalue weighted by atomic mass is 9.71. The Hall–Kier alpha value is -1.22.